The molecule has 6 heteroatoms. The third-order valence-electron chi connectivity index (χ3n) is 6.56. The minimum absolute atomic E-state index is 0.0567. The Morgan fingerprint density at radius 2 is 1.52 bits per heavy atom. The van der Waals surface area contributed by atoms with Gasteiger partial charge in [-0.05, 0) is 79.6 Å². The van der Waals surface area contributed by atoms with Crippen LogP contribution in [0.25, 0.3) is 0 Å². The summed E-state index contributed by atoms with van der Waals surface area (Å²) in [5.74, 6) is 0.719. The lowest BCUT2D eigenvalue weighted by Gasteiger charge is -2.19. The lowest BCUT2D eigenvalue weighted by atomic mass is 9.81. The van der Waals surface area contributed by atoms with Gasteiger partial charge in [-0.15, -0.1) is 0 Å². The van der Waals surface area contributed by atoms with Gasteiger partial charge >= 0.3 is 0 Å². The van der Waals surface area contributed by atoms with Crippen LogP contribution in [0.1, 0.15) is 29.6 Å². The van der Waals surface area contributed by atoms with Crippen LogP contribution in [0.5, 0.6) is 5.75 Å². The number of hydrogen-bond acceptors (Lipinski definition) is 4. The lowest BCUT2D eigenvalue weighted by Crippen LogP contribution is -2.32. The van der Waals surface area contributed by atoms with Gasteiger partial charge in [0.05, 0.1) is 17.5 Å². The number of Topliss-reactive ketones (excluding diaryl/α,β-unsaturated/α-hetero) is 1. The number of ketones is 1. The fourth-order valence-corrected chi connectivity index (χ4v) is 5.35. The molecule has 5 rings (SSSR count). The van der Waals surface area contributed by atoms with E-state index in [1.165, 1.54) is 4.90 Å². The Morgan fingerprint density at radius 3 is 2.10 bits per heavy atom. The molecule has 2 aromatic carbocycles. The zero-order valence-corrected chi connectivity index (χ0v) is 16.5. The highest BCUT2D eigenvalue weighted by molar-refractivity contribution is 6.30. The first-order valence-corrected chi connectivity index (χ1v) is 10.3. The molecule has 0 radical (unpaired) electrons. The highest BCUT2D eigenvalue weighted by Crippen LogP contribution is 2.56. The summed E-state index contributed by atoms with van der Waals surface area (Å²) < 4.78 is 5.57. The van der Waals surface area contributed by atoms with Crippen molar-refractivity contribution in [3.8, 4) is 5.75 Å². The van der Waals surface area contributed by atoms with Crippen LogP contribution in [0, 0.1) is 23.7 Å². The Labute approximate surface area is 173 Å². The summed E-state index contributed by atoms with van der Waals surface area (Å²) in [5.41, 5.74) is 1.10. The Bertz CT molecular complexity index is 957. The molecule has 2 amide bonds. The Kier molecular flexibility index (Phi) is 4.43. The number of fused-ring (bicyclic) bond motifs is 5. The van der Waals surface area contributed by atoms with Crippen molar-refractivity contribution in [3.05, 3.63) is 59.1 Å². The van der Waals surface area contributed by atoms with E-state index in [1.807, 2.05) is 0 Å². The van der Waals surface area contributed by atoms with Crippen molar-refractivity contribution >= 4 is 34.9 Å². The number of imide groups is 1. The Hall–Kier alpha value is -2.66. The van der Waals surface area contributed by atoms with Crippen LogP contribution in [-0.2, 0) is 9.59 Å². The first-order chi connectivity index (χ1) is 14.0. The van der Waals surface area contributed by atoms with Gasteiger partial charge in [-0.2, -0.15) is 0 Å². The molecule has 0 spiro atoms. The molecule has 0 aromatic heterocycles. The van der Waals surface area contributed by atoms with E-state index >= 15 is 0 Å². The molecule has 4 atom stereocenters. The zero-order chi connectivity index (χ0) is 20.1. The number of nitrogens with zero attached hydrogens (tertiary/aromatic N) is 1. The minimum atomic E-state index is -0.154. The van der Waals surface area contributed by atoms with Crippen LogP contribution in [0.15, 0.2) is 48.5 Å². The minimum Gasteiger partial charge on any atom is -0.485 e. The molecule has 0 unspecified atom stereocenters. The van der Waals surface area contributed by atoms with Crippen LogP contribution in [-0.4, -0.2) is 24.2 Å². The van der Waals surface area contributed by atoms with E-state index < -0.39 is 0 Å². The van der Waals surface area contributed by atoms with E-state index in [4.69, 9.17) is 16.3 Å². The summed E-state index contributed by atoms with van der Waals surface area (Å²) in [5, 5.41) is 0.571. The molecule has 2 aliphatic carbocycles. The first kappa shape index (κ1) is 18.4. The number of anilines is 1. The van der Waals surface area contributed by atoms with Crippen molar-refractivity contribution < 1.29 is 19.1 Å². The maximum Gasteiger partial charge on any atom is 0.237 e. The Balaban J connectivity index is 1.26. The average molecular weight is 410 g/mol. The molecule has 0 N–H and O–H groups in total. The van der Waals surface area contributed by atoms with Gasteiger partial charge in [0.2, 0.25) is 11.8 Å². The molecule has 1 heterocycles. The van der Waals surface area contributed by atoms with E-state index in [0.29, 0.717) is 33.9 Å². The van der Waals surface area contributed by atoms with Gasteiger partial charge in [0.15, 0.2) is 12.4 Å². The smallest absolute Gasteiger partial charge is 0.237 e. The molecule has 2 saturated carbocycles. The molecular weight excluding hydrogens is 390 g/mol. The zero-order valence-electron chi connectivity index (χ0n) is 15.7. The number of hydrogen-bond donors (Lipinski definition) is 0. The molecule has 148 valence electrons. The van der Waals surface area contributed by atoms with Gasteiger partial charge in [0.1, 0.15) is 5.75 Å². The summed E-state index contributed by atoms with van der Waals surface area (Å²) in [6.45, 7) is -0.101. The molecule has 2 aromatic rings. The van der Waals surface area contributed by atoms with Gasteiger partial charge in [-0.25, -0.2) is 0 Å². The average Bonchev–Trinajstić information content (AvgIpc) is 3.41. The second-order valence-electron chi connectivity index (χ2n) is 8.11. The second-order valence-corrected chi connectivity index (χ2v) is 8.55. The van der Waals surface area contributed by atoms with Gasteiger partial charge in [-0.3, -0.25) is 19.3 Å². The molecule has 3 fully saturated rings. The fourth-order valence-electron chi connectivity index (χ4n) is 5.22. The number of amides is 2. The van der Waals surface area contributed by atoms with Gasteiger partial charge in [0.25, 0.3) is 0 Å². The lowest BCUT2D eigenvalue weighted by molar-refractivity contribution is -0.123. The number of benzene rings is 2. The molecule has 1 aliphatic heterocycles. The largest absolute Gasteiger partial charge is 0.485 e. The van der Waals surface area contributed by atoms with Crippen LogP contribution >= 0.6 is 11.6 Å². The number of halogens is 1. The predicted molar refractivity (Wildman–Crippen MR) is 108 cm³/mol. The number of carbonyl (C=O) groups excluding carboxylic acids is 3. The molecule has 5 nitrogen and oxygen atoms in total. The van der Waals surface area contributed by atoms with Crippen molar-refractivity contribution in [2.45, 2.75) is 19.3 Å². The van der Waals surface area contributed by atoms with Crippen molar-refractivity contribution in [2.24, 2.45) is 23.7 Å². The maximum atomic E-state index is 12.9. The summed E-state index contributed by atoms with van der Waals surface area (Å²) in [7, 11) is 0. The standard InChI is InChI=1S/C23H20ClNO4/c24-16-5-3-13(4-6-16)19(26)12-29-18-9-7-17(8-10-18)25-22(27)20-14-1-2-15(11-14)21(20)23(25)28/h3-10,14-15,20-21H,1-2,11-12H2/t14-,15-,20-,21-/m0/s1. The van der Waals surface area contributed by atoms with Crippen molar-refractivity contribution in [3.63, 3.8) is 0 Å². The monoisotopic (exact) mass is 409 g/mol. The summed E-state index contributed by atoms with van der Waals surface area (Å²) >= 11 is 5.83. The van der Waals surface area contributed by atoms with Crippen molar-refractivity contribution in [2.75, 3.05) is 11.5 Å². The second kappa shape index (κ2) is 6.99. The molecular formula is C23H20ClNO4. The summed E-state index contributed by atoms with van der Waals surface area (Å²) in [6.07, 6.45) is 3.15. The Morgan fingerprint density at radius 1 is 0.931 bits per heavy atom. The van der Waals surface area contributed by atoms with Crippen LogP contribution in [0.2, 0.25) is 5.02 Å². The topological polar surface area (TPSA) is 63.7 Å². The molecule has 3 aliphatic rings. The quantitative estimate of drug-likeness (QED) is 0.550. The van der Waals surface area contributed by atoms with Crippen LogP contribution < -0.4 is 9.64 Å². The summed E-state index contributed by atoms with van der Waals surface area (Å²) in [4.78, 5) is 39.3. The first-order valence-electron chi connectivity index (χ1n) is 9.92. The van der Waals surface area contributed by atoms with Crippen molar-refractivity contribution in [1.29, 1.82) is 0 Å². The van der Waals surface area contributed by atoms with E-state index in [0.717, 1.165) is 19.3 Å². The normalized spacial score (nSPS) is 27.4. The third kappa shape index (κ3) is 3.04. The van der Waals surface area contributed by atoms with E-state index in [1.54, 1.807) is 48.5 Å². The highest BCUT2D eigenvalue weighted by atomic mass is 35.5. The van der Waals surface area contributed by atoms with E-state index in [-0.39, 0.29) is 36.0 Å². The predicted octanol–water partition coefficient (Wildman–Crippen LogP) is 4.14. The molecule has 1 saturated heterocycles. The van der Waals surface area contributed by atoms with Crippen molar-refractivity contribution in [1.82, 2.24) is 0 Å². The van der Waals surface area contributed by atoms with Gasteiger partial charge in [0, 0.05) is 10.6 Å². The SMILES string of the molecule is O=C(COc1ccc(N2C(=O)[C@H]3[C@H]4CC[C@@H](C4)[C@@H]3C2=O)cc1)c1ccc(Cl)cc1. The maximum absolute atomic E-state index is 12.9. The number of carbonyl (C=O) groups is 3. The third-order valence-corrected chi connectivity index (χ3v) is 6.81. The highest BCUT2D eigenvalue weighted by Gasteiger charge is 2.61. The van der Waals surface area contributed by atoms with Crippen LogP contribution in [0.3, 0.4) is 0 Å². The number of ether oxygens (including phenoxy) is 1. The molecule has 29 heavy (non-hydrogen) atoms. The van der Waals surface area contributed by atoms with E-state index in [9.17, 15) is 14.4 Å². The van der Waals surface area contributed by atoms with Gasteiger partial charge < -0.3 is 4.74 Å². The van der Waals surface area contributed by atoms with E-state index in [2.05, 4.69) is 0 Å². The van der Waals surface area contributed by atoms with Gasteiger partial charge in [-0.1, -0.05) is 11.6 Å². The fraction of sp³-hybridized carbons (Fsp3) is 0.348. The van der Waals surface area contributed by atoms with Crippen LogP contribution in [0.4, 0.5) is 5.69 Å². The summed E-state index contributed by atoms with van der Waals surface area (Å²) in [6, 6.07) is 13.4. The number of rotatable bonds is 5. The molecule has 2 bridgehead atoms.